The van der Waals surface area contributed by atoms with Crippen molar-refractivity contribution in [2.45, 2.75) is 44.4 Å². The summed E-state index contributed by atoms with van der Waals surface area (Å²) >= 11 is 6.18. The molecule has 4 aliphatic heterocycles. The van der Waals surface area contributed by atoms with Crippen molar-refractivity contribution in [1.82, 2.24) is 20.2 Å². The van der Waals surface area contributed by atoms with Gasteiger partial charge in [0.15, 0.2) is 0 Å². The molecule has 35 heavy (non-hydrogen) atoms. The second-order valence-electron chi connectivity index (χ2n) is 9.48. The van der Waals surface area contributed by atoms with E-state index in [0.29, 0.717) is 24.7 Å². The smallest absolute Gasteiger partial charge is 0.256 e. The molecule has 1 aromatic rings. The molecule has 0 spiro atoms. The van der Waals surface area contributed by atoms with Crippen LogP contribution in [-0.2, 0) is 10.0 Å². The molecule has 0 aliphatic carbocycles. The van der Waals surface area contributed by atoms with Gasteiger partial charge in [0.25, 0.3) is 5.91 Å². The van der Waals surface area contributed by atoms with E-state index in [0.717, 1.165) is 42.7 Å². The maximum atomic E-state index is 13.7. The molecule has 4 heterocycles. The number of nitrogens with zero attached hydrogens (tertiary/aromatic N) is 4. The molecule has 1 aromatic carbocycles. The fourth-order valence-electron chi connectivity index (χ4n) is 5.01. The average Bonchev–Trinajstić information content (AvgIpc) is 3.19. The quantitative estimate of drug-likeness (QED) is 0.553. The standard InChI is InChI=1S/C23H29ClN6O4S/c1-14-11-30-21(25-22(14)28-12-16(31)13-28)10-19(26-30)20-5-3-4-8-29(20)23(32)17-9-15(24)6-7-18(17)27-35(2,33)34/h6-7,9-11,16,19-20,26-27,31H,3-5,8,12-13H2,1-2H3/t19?,20-/m0/s1. The van der Waals surface area contributed by atoms with Crippen molar-refractivity contribution >= 4 is 39.1 Å². The SMILES string of the molecule is CC1=CN2NC([C@@H]3CCCCN3C(=O)c3cc(Cl)ccc3NS(C)(=O)=O)C=C2N=C1N1CC(O)C1. The number of amides is 1. The van der Waals surface area contributed by atoms with E-state index in [1.807, 2.05) is 34.0 Å². The third-order valence-corrected chi connectivity index (χ3v) is 7.48. The van der Waals surface area contributed by atoms with E-state index in [1.54, 1.807) is 6.07 Å². The highest BCUT2D eigenvalue weighted by Crippen LogP contribution is 2.32. The van der Waals surface area contributed by atoms with Crippen LogP contribution in [0.15, 0.2) is 46.9 Å². The zero-order valence-electron chi connectivity index (χ0n) is 19.6. The molecule has 1 amide bonds. The molecule has 5 rings (SSSR count). The second-order valence-corrected chi connectivity index (χ2v) is 11.7. The molecular formula is C23H29ClN6O4S. The first-order chi connectivity index (χ1) is 16.6. The highest BCUT2D eigenvalue weighted by atomic mass is 35.5. The van der Waals surface area contributed by atoms with Gasteiger partial charge >= 0.3 is 0 Å². The number of halogens is 1. The Morgan fingerprint density at radius 1 is 1.29 bits per heavy atom. The summed E-state index contributed by atoms with van der Waals surface area (Å²) in [5.74, 6) is 1.35. The van der Waals surface area contributed by atoms with Gasteiger partial charge in [-0.15, -0.1) is 0 Å². The van der Waals surface area contributed by atoms with Crippen LogP contribution in [0.2, 0.25) is 5.02 Å². The molecule has 0 aromatic heterocycles. The maximum absolute atomic E-state index is 13.7. The number of piperidine rings is 1. The number of aliphatic imine (C=N–C) groups is 1. The number of aliphatic hydroxyl groups excluding tert-OH is 1. The highest BCUT2D eigenvalue weighted by Gasteiger charge is 2.39. The monoisotopic (exact) mass is 520 g/mol. The number of hydrogen-bond acceptors (Lipinski definition) is 8. The van der Waals surface area contributed by atoms with Gasteiger partial charge in [0.2, 0.25) is 10.0 Å². The lowest BCUT2D eigenvalue weighted by Crippen LogP contribution is -2.55. The summed E-state index contributed by atoms with van der Waals surface area (Å²) in [6.45, 7) is 3.69. The first-order valence-corrected chi connectivity index (χ1v) is 13.9. The van der Waals surface area contributed by atoms with E-state index in [-0.39, 0.29) is 35.3 Å². The van der Waals surface area contributed by atoms with Crippen LogP contribution in [-0.4, -0.2) is 84.2 Å². The third-order valence-electron chi connectivity index (χ3n) is 6.65. The molecule has 0 bridgehead atoms. The first kappa shape index (κ1) is 24.1. The molecule has 3 N–H and O–H groups in total. The predicted molar refractivity (Wildman–Crippen MR) is 134 cm³/mol. The molecule has 2 saturated heterocycles. The number of nitrogens with one attached hydrogen (secondary N) is 2. The van der Waals surface area contributed by atoms with Crippen molar-refractivity contribution in [2.75, 3.05) is 30.6 Å². The number of rotatable bonds is 4. The van der Waals surface area contributed by atoms with Crippen molar-refractivity contribution in [1.29, 1.82) is 0 Å². The molecule has 2 atom stereocenters. The molecule has 12 heteroatoms. The second kappa shape index (κ2) is 9.12. The lowest BCUT2D eigenvalue weighted by molar-refractivity contribution is 0.0463. The fourth-order valence-corrected chi connectivity index (χ4v) is 5.76. The topological polar surface area (TPSA) is 118 Å². The number of anilines is 1. The lowest BCUT2D eigenvalue weighted by Gasteiger charge is -2.40. The Hall–Kier alpha value is -2.60. The number of carbonyl (C=O) groups is 1. The van der Waals surface area contributed by atoms with Crippen LogP contribution < -0.4 is 10.1 Å². The number of β-amino-alcohol motifs (C(OH)–C–C–N with tert-alkyl or cyclic N) is 1. The summed E-state index contributed by atoms with van der Waals surface area (Å²) in [5, 5.41) is 11.9. The van der Waals surface area contributed by atoms with E-state index >= 15 is 0 Å². The zero-order valence-corrected chi connectivity index (χ0v) is 21.2. The minimum atomic E-state index is -3.57. The summed E-state index contributed by atoms with van der Waals surface area (Å²) in [6.07, 6.45) is 7.39. The van der Waals surface area contributed by atoms with Crippen molar-refractivity contribution in [3.63, 3.8) is 0 Å². The van der Waals surface area contributed by atoms with Crippen molar-refractivity contribution in [3.8, 4) is 0 Å². The summed E-state index contributed by atoms with van der Waals surface area (Å²) in [4.78, 5) is 22.4. The number of likely N-dealkylation sites (tertiary alicyclic amines) is 2. The Bertz CT molecular complexity index is 1240. The third kappa shape index (κ3) is 4.90. The molecule has 2 fully saturated rings. The first-order valence-electron chi connectivity index (χ1n) is 11.6. The summed E-state index contributed by atoms with van der Waals surface area (Å²) in [7, 11) is -3.57. The number of sulfonamides is 1. The van der Waals surface area contributed by atoms with Gasteiger partial charge in [-0.2, -0.15) is 0 Å². The molecular weight excluding hydrogens is 492 g/mol. The number of hydrazine groups is 1. The number of fused-ring (bicyclic) bond motifs is 1. The van der Waals surface area contributed by atoms with Gasteiger partial charge in [0.1, 0.15) is 11.7 Å². The molecule has 0 saturated carbocycles. The van der Waals surface area contributed by atoms with Crippen LogP contribution >= 0.6 is 11.6 Å². The van der Waals surface area contributed by atoms with Gasteiger partial charge in [0, 0.05) is 36.4 Å². The summed E-state index contributed by atoms with van der Waals surface area (Å²) in [6, 6.07) is 4.28. The Kier molecular flexibility index (Phi) is 6.28. The predicted octanol–water partition coefficient (Wildman–Crippen LogP) is 1.73. The van der Waals surface area contributed by atoms with Crippen LogP contribution in [0.3, 0.4) is 0 Å². The average molecular weight is 521 g/mol. The van der Waals surface area contributed by atoms with Gasteiger partial charge in [-0.3, -0.25) is 14.5 Å². The minimum Gasteiger partial charge on any atom is -0.389 e. The van der Waals surface area contributed by atoms with Crippen molar-refractivity contribution in [2.24, 2.45) is 4.99 Å². The molecule has 4 aliphatic rings. The fraction of sp³-hybridized carbons (Fsp3) is 0.478. The molecule has 188 valence electrons. The summed E-state index contributed by atoms with van der Waals surface area (Å²) in [5.41, 5.74) is 4.89. The van der Waals surface area contributed by atoms with Gasteiger partial charge in [-0.05, 0) is 50.5 Å². The van der Waals surface area contributed by atoms with E-state index in [2.05, 4.69) is 10.1 Å². The Morgan fingerprint density at radius 3 is 2.77 bits per heavy atom. The number of benzene rings is 1. The lowest BCUT2D eigenvalue weighted by atomic mass is 9.94. The normalized spacial score (nSPS) is 24.9. The van der Waals surface area contributed by atoms with Crippen LogP contribution in [0.5, 0.6) is 0 Å². The van der Waals surface area contributed by atoms with Crippen LogP contribution in [0.1, 0.15) is 36.5 Å². The number of hydrogen-bond donors (Lipinski definition) is 3. The number of amidine groups is 1. The highest BCUT2D eigenvalue weighted by molar-refractivity contribution is 7.92. The van der Waals surface area contributed by atoms with E-state index in [9.17, 15) is 18.3 Å². The van der Waals surface area contributed by atoms with Gasteiger partial charge in [-0.1, -0.05) is 11.6 Å². The van der Waals surface area contributed by atoms with E-state index in [4.69, 9.17) is 16.6 Å². The van der Waals surface area contributed by atoms with Crippen LogP contribution in [0.4, 0.5) is 5.69 Å². The molecule has 10 nitrogen and oxygen atoms in total. The Morgan fingerprint density at radius 2 is 2.06 bits per heavy atom. The number of aliphatic hydroxyl groups is 1. The summed E-state index contributed by atoms with van der Waals surface area (Å²) < 4.78 is 26.2. The molecule has 0 radical (unpaired) electrons. The minimum absolute atomic E-state index is 0.141. The Balaban J connectivity index is 1.41. The van der Waals surface area contributed by atoms with Crippen LogP contribution in [0.25, 0.3) is 0 Å². The van der Waals surface area contributed by atoms with Crippen molar-refractivity contribution in [3.05, 3.63) is 52.5 Å². The van der Waals surface area contributed by atoms with Crippen molar-refractivity contribution < 1.29 is 18.3 Å². The Labute approximate surface area is 209 Å². The van der Waals surface area contributed by atoms with Crippen LogP contribution in [0, 0.1) is 0 Å². The number of carbonyl (C=O) groups excluding carboxylic acids is 1. The molecule has 1 unspecified atom stereocenters. The van der Waals surface area contributed by atoms with Gasteiger partial charge in [-0.25, -0.2) is 18.8 Å². The van der Waals surface area contributed by atoms with E-state index in [1.165, 1.54) is 12.1 Å². The van der Waals surface area contributed by atoms with E-state index < -0.39 is 10.0 Å². The van der Waals surface area contributed by atoms with Gasteiger partial charge in [0.05, 0.1) is 35.7 Å². The maximum Gasteiger partial charge on any atom is 0.256 e. The zero-order chi connectivity index (χ0) is 24.9. The largest absolute Gasteiger partial charge is 0.389 e. The van der Waals surface area contributed by atoms with Gasteiger partial charge < -0.3 is 14.9 Å².